The van der Waals surface area contributed by atoms with Gasteiger partial charge in [-0.15, -0.1) is 0 Å². The Morgan fingerprint density at radius 1 is 1.03 bits per heavy atom. The Morgan fingerprint density at radius 3 is 2.50 bits per heavy atom. The molecule has 160 valence electrons. The van der Waals surface area contributed by atoms with Gasteiger partial charge in [0.2, 0.25) is 0 Å². The molecule has 0 radical (unpaired) electrons. The van der Waals surface area contributed by atoms with E-state index in [1.54, 1.807) is 0 Å². The van der Waals surface area contributed by atoms with Crippen LogP contribution in [0.2, 0.25) is 0 Å². The van der Waals surface area contributed by atoms with Gasteiger partial charge in [0.05, 0.1) is 19.8 Å². The van der Waals surface area contributed by atoms with Crippen molar-refractivity contribution in [3.63, 3.8) is 0 Å². The summed E-state index contributed by atoms with van der Waals surface area (Å²) in [4.78, 5) is 14.9. The molecule has 2 aromatic carbocycles. The fourth-order valence-corrected chi connectivity index (χ4v) is 4.19. The van der Waals surface area contributed by atoms with Crippen molar-refractivity contribution in [3.05, 3.63) is 53.6 Å². The van der Waals surface area contributed by atoms with Gasteiger partial charge in [-0.2, -0.15) is 0 Å². The Morgan fingerprint density at radius 2 is 1.77 bits per heavy atom. The van der Waals surface area contributed by atoms with Crippen LogP contribution in [-0.4, -0.2) is 43.7 Å². The predicted octanol–water partition coefficient (Wildman–Crippen LogP) is 4.73. The van der Waals surface area contributed by atoms with Gasteiger partial charge in [0.1, 0.15) is 5.75 Å². The molecule has 0 saturated carbocycles. The largest absolute Gasteiger partial charge is 0.494 e. The lowest BCUT2D eigenvalue weighted by molar-refractivity contribution is 0.0686. The quantitative estimate of drug-likeness (QED) is 0.692. The van der Waals surface area contributed by atoms with E-state index in [1.165, 1.54) is 12.0 Å². The standard InChI is InChI=1S/C25H31NO4/c1-2-28-22-9-6-19(7-10-22)4-5-20-12-14-26(15-13-20)25(27)21-8-11-23-24(18-21)30-17-3-16-29-23/h6-11,18,20H,2-5,12-17H2,1H3. The number of ether oxygens (including phenoxy) is 3. The number of amides is 1. The number of fused-ring (bicyclic) bond motifs is 1. The first-order chi connectivity index (χ1) is 14.7. The minimum Gasteiger partial charge on any atom is -0.494 e. The fraction of sp³-hybridized carbons (Fsp3) is 0.480. The topological polar surface area (TPSA) is 48.0 Å². The van der Waals surface area contributed by atoms with E-state index >= 15 is 0 Å². The van der Waals surface area contributed by atoms with Crippen LogP contribution in [0.5, 0.6) is 17.2 Å². The van der Waals surface area contributed by atoms with Gasteiger partial charge in [0.15, 0.2) is 11.5 Å². The van der Waals surface area contributed by atoms with Crippen LogP contribution < -0.4 is 14.2 Å². The van der Waals surface area contributed by atoms with Crippen molar-refractivity contribution >= 4 is 5.91 Å². The monoisotopic (exact) mass is 409 g/mol. The van der Waals surface area contributed by atoms with Gasteiger partial charge in [0.25, 0.3) is 5.91 Å². The Bertz CT molecular complexity index is 841. The van der Waals surface area contributed by atoms with Gasteiger partial charge in [-0.25, -0.2) is 0 Å². The number of hydrogen-bond acceptors (Lipinski definition) is 4. The van der Waals surface area contributed by atoms with E-state index in [2.05, 4.69) is 24.3 Å². The summed E-state index contributed by atoms with van der Waals surface area (Å²) >= 11 is 0. The minimum atomic E-state index is 0.0932. The van der Waals surface area contributed by atoms with Crippen LogP contribution in [0.15, 0.2) is 42.5 Å². The molecule has 0 bridgehead atoms. The maximum Gasteiger partial charge on any atom is 0.253 e. The molecule has 0 unspecified atom stereocenters. The van der Waals surface area contributed by atoms with E-state index in [9.17, 15) is 4.79 Å². The number of carbonyl (C=O) groups excluding carboxylic acids is 1. The number of carbonyl (C=O) groups is 1. The molecule has 1 saturated heterocycles. The average Bonchev–Trinajstić information content (AvgIpc) is 3.03. The molecule has 0 spiro atoms. The van der Waals surface area contributed by atoms with Gasteiger partial charge >= 0.3 is 0 Å². The fourth-order valence-electron chi connectivity index (χ4n) is 4.19. The van der Waals surface area contributed by atoms with Gasteiger partial charge < -0.3 is 19.1 Å². The number of benzene rings is 2. The summed E-state index contributed by atoms with van der Waals surface area (Å²) in [6.45, 7) is 5.63. The van der Waals surface area contributed by atoms with Crippen molar-refractivity contribution in [2.75, 3.05) is 32.9 Å². The highest BCUT2D eigenvalue weighted by atomic mass is 16.5. The first-order valence-corrected chi connectivity index (χ1v) is 11.1. The molecule has 1 fully saturated rings. The molecule has 0 N–H and O–H groups in total. The highest BCUT2D eigenvalue weighted by molar-refractivity contribution is 5.95. The molecule has 2 aliphatic heterocycles. The van der Waals surface area contributed by atoms with E-state index in [1.807, 2.05) is 30.0 Å². The highest BCUT2D eigenvalue weighted by Gasteiger charge is 2.24. The molecule has 1 amide bonds. The highest BCUT2D eigenvalue weighted by Crippen LogP contribution is 2.31. The van der Waals surface area contributed by atoms with Gasteiger partial charge in [-0.1, -0.05) is 12.1 Å². The second-order valence-corrected chi connectivity index (χ2v) is 8.06. The summed E-state index contributed by atoms with van der Waals surface area (Å²) in [5.74, 6) is 3.11. The zero-order valence-corrected chi connectivity index (χ0v) is 17.8. The maximum absolute atomic E-state index is 13.0. The lowest BCUT2D eigenvalue weighted by atomic mass is 9.90. The summed E-state index contributed by atoms with van der Waals surface area (Å²) in [7, 11) is 0. The molecule has 2 heterocycles. The van der Waals surface area contributed by atoms with Crippen LogP contribution in [0.4, 0.5) is 0 Å². The van der Waals surface area contributed by atoms with Crippen LogP contribution in [0.1, 0.15) is 48.5 Å². The second-order valence-electron chi connectivity index (χ2n) is 8.06. The molecular formula is C25H31NO4. The third-order valence-electron chi connectivity index (χ3n) is 5.97. The zero-order chi connectivity index (χ0) is 20.8. The van der Waals surface area contributed by atoms with Crippen molar-refractivity contribution in [2.24, 2.45) is 5.92 Å². The maximum atomic E-state index is 13.0. The van der Waals surface area contributed by atoms with Crippen molar-refractivity contribution in [3.8, 4) is 17.2 Å². The molecule has 2 aliphatic rings. The number of likely N-dealkylation sites (tertiary alicyclic amines) is 1. The number of rotatable bonds is 6. The van der Waals surface area contributed by atoms with Crippen molar-refractivity contribution in [1.82, 2.24) is 4.90 Å². The molecule has 0 atom stereocenters. The Labute approximate surface area is 178 Å². The number of hydrogen-bond donors (Lipinski definition) is 0. The third-order valence-corrected chi connectivity index (χ3v) is 5.97. The summed E-state index contributed by atoms with van der Waals surface area (Å²) in [5.41, 5.74) is 2.04. The van der Waals surface area contributed by atoms with E-state index in [0.717, 1.165) is 50.3 Å². The van der Waals surface area contributed by atoms with Gasteiger partial charge in [0, 0.05) is 25.1 Å². The summed E-state index contributed by atoms with van der Waals surface area (Å²) in [6, 6.07) is 14.0. The summed E-state index contributed by atoms with van der Waals surface area (Å²) in [6.07, 6.45) is 5.23. The van der Waals surface area contributed by atoms with Crippen LogP contribution in [0.25, 0.3) is 0 Å². The van der Waals surface area contributed by atoms with E-state index in [4.69, 9.17) is 14.2 Å². The lowest BCUT2D eigenvalue weighted by Gasteiger charge is -2.32. The number of nitrogens with zero attached hydrogens (tertiary/aromatic N) is 1. The number of aryl methyl sites for hydroxylation is 1. The first-order valence-electron chi connectivity index (χ1n) is 11.1. The van der Waals surface area contributed by atoms with Crippen LogP contribution in [-0.2, 0) is 6.42 Å². The van der Waals surface area contributed by atoms with Crippen molar-refractivity contribution in [1.29, 1.82) is 0 Å². The van der Waals surface area contributed by atoms with E-state index in [-0.39, 0.29) is 5.91 Å². The van der Waals surface area contributed by atoms with Crippen LogP contribution in [0, 0.1) is 5.92 Å². The normalized spacial score (nSPS) is 16.8. The lowest BCUT2D eigenvalue weighted by Crippen LogP contribution is -2.38. The molecule has 0 aromatic heterocycles. The SMILES string of the molecule is CCOc1ccc(CCC2CCN(C(=O)c3ccc4c(c3)OCCCO4)CC2)cc1. The van der Waals surface area contributed by atoms with E-state index in [0.29, 0.717) is 37.1 Å². The Balaban J connectivity index is 1.27. The van der Waals surface area contributed by atoms with Crippen molar-refractivity contribution in [2.45, 2.75) is 39.0 Å². The molecule has 5 heteroatoms. The van der Waals surface area contributed by atoms with Crippen molar-refractivity contribution < 1.29 is 19.0 Å². The van der Waals surface area contributed by atoms with Gasteiger partial charge in [-0.3, -0.25) is 4.79 Å². The Hall–Kier alpha value is -2.69. The van der Waals surface area contributed by atoms with E-state index < -0.39 is 0 Å². The first kappa shape index (κ1) is 20.6. The second kappa shape index (κ2) is 9.88. The molecule has 2 aromatic rings. The molecular weight excluding hydrogens is 378 g/mol. The third kappa shape index (κ3) is 5.07. The zero-order valence-electron chi connectivity index (χ0n) is 17.8. The molecule has 5 nitrogen and oxygen atoms in total. The molecule has 4 rings (SSSR count). The summed E-state index contributed by atoms with van der Waals surface area (Å²) < 4.78 is 16.9. The Kier molecular flexibility index (Phi) is 6.77. The molecule has 0 aliphatic carbocycles. The van der Waals surface area contributed by atoms with Gasteiger partial charge in [-0.05, 0) is 74.4 Å². The van der Waals surface area contributed by atoms with Crippen LogP contribution in [0.3, 0.4) is 0 Å². The number of piperidine rings is 1. The smallest absolute Gasteiger partial charge is 0.253 e. The predicted molar refractivity (Wildman–Crippen MR) is 117 cm³/mol. The van der Waals surface area contributed by atoms with Crippen LogP contribution >= 0.6 is 0 Å². The minimum absolute atomic E-state index is 0.0932. The average molecular weight is 410 g/mol. The summed E-state index contributed by atoms with van der Waals surface area (Å²) in [5, 5.41) is 0. The molecule has 30 heavy (non-hydrogen) atoms.